The van der Waals surface area contributed by atoms with E-state index in [1.165, 1.54) is 10.9 Å². The summed E-state index contributed by atoms with van der Waals surface area (Å²) in [5.41, 5.74) is 0.987. The zero-order chi connectivity index (χ0) is 13.4. The molecule has 0 saturated carbocycles. The maximum Gasteiger partial charge on any atom is 0.270 e. The van der Waals surface area contributed by atoms with Gasteiger partial charge in [-0.3, -0.25) is 10.1 Å². The van der Waals surface area contributed by atoms with Crippen LogP contribution in [0, 0.1) is 10.1 Å². The van der Waals surface area contributed by atoms with Crippen molar-refractivity contribution in [1.82, 2.24) is 24.8 Å². The van der Waals surface area contributed by atoms with Gasteiger partial charge in [0, 0.05) is 29.2 Å². The van der Waals surface area contributed by atoms with Crippen LogP contribution in [0.2, 0.25) is 0 Å². The fourth-order valence-corrected chi connectivity index (χ4v) is 1.98. The number of nitrogens with zero attached hydrogens (tertiary/aromatic N) is 6. The number of nitro groups is 1. The summed E-state index contributed by atoms with van der Waals surface area (Å²) in [6.07, 6.45) is 1.85. The molecule has 96 valence electrons. The molecule has 8 nitrogen and oxygen atoms in total. The Morgan fingerprint density at radius 2 is 2.21 bits per heavy atom. The highest BCUT2D eigenvalue weighted by atomic mass is 16.6. The minimum absolute atomic E-state index is 0.0860. The maximum absolute atomic E-state index is 10.7. The number of hydrogen-bond donors (Lipinski definition) is 0. The van der Waals surface area contributed by atoms with Crippen LogP contribution in [0.3, 0.4) is 0 Å². The smallest absolute Gasteiger partial charge is 0.270 e. The van der Waals surface area contributed by atoms with E-state index in [4.69, 9.17) is 0 Å². The van der Waals surface area contributed by atoms with Crippen molar-refractivity contribution < 1.29 is 4.92 Å². The lowest BCUT2D eigenvalue weighted by atomic mass is 10.2. The van der Waals surface area contributed by atoms with E-state index in [2.05, 4.69) is 15.4 Å². The lowest BCUT2D eigenvalue weighted by Gasteiger charge is -2.01. The van der Waals surface area contributed by atoms with Crippen LogP contribution in [0.4, 0.5) is 5.69 Å². The van der Waals surface area contributed by atoms with E-state index < -0.39 is 4.92 Å². The SMILES string of the molecule is Cn1nnc(Cn2ccc3cc([N+](=O)[O-])ccc32)n1. The van der Waals surface area contributed by atoms with Crippen LogP contribution in [0.5, 0.6) is 0 Å². The monoisotopic (exact) mass is 258 g/mol. The van der Waals surface area contributed by atoms with Gasteiger partial charge in [0.1, 0.15) is 0 Å². The number of aryl methyl sites for hydroxylation is 1. The Balaban J connectivity index is 1.99. The highest BCUT2D eigenvalue weighted by Gasteiger charge is 2.10. The molecule has 0 aliphatic carbocycles. The summed E-state index contributed by atoms with van der Waals surface area (Å²) in [6.45, 7) is 0.481. The molecular formula is C11H10N6O2. The van der Waals surface area contributed by atoms with Gasteiger partial charge >= 0.3 is 0 Å². The van der Waals surface area contributed by atoms with Gasteiger partial charge in [0.05, 0.1) is 18.5 Å². The number of rotatable bonds is 3. The largest absolute Gasteiger partial charge is 0.340 e. The molecule has 3 rings (SSSR count). The molecule has 2 aromatic heterocycles. The van der Waals surface area contributed by atoms with Gasteiger partial charge in [-0.15, -0.1) is 10.2 Å². The molecule has 2 heterocycles. The average molecular weight is 258 g/mol. The number of tetrazole rings is 1. The molecule has 0 fully saturated rings. The molecule has 3 aromatic rings. The summed E-state index contributed by atoms with van der Waals surface area (Å²) < 4.78 is 1.93. The van der Waals surface area contributed by atoms with Crippen molar-refractivity contribution in [1.29, 1.82) is 0 Å². The van der Waals surface area contributed by atoms with Crippen molar-refractivity contribution >= 4 is 16.6 Å². The van der Waals surface area contributed by atoms with E-state index in [0.29, 0.717) is 12.4 Å². The summed E-state index contributed by atoms with van der Waals surface area (Å²) >= 11 is 0. The molecule has 0 bridgehead atoms. The Labute approximate surface area is 107 Å². The quantitative estimate of drug-likeness (QED) is 0.518. The molecule has 8 heteroatoms. The lowest BCUT2D eigenvalue weighted by molar-refractivity contribution is -0.384. The molecule has 19 heavy (non-hydrogen) atoms. The van der Waals surface area contributed by atoms with Crippen LogP contribution in [0.15, 0.2) is 30.5 Å². The van der Waals surface area contributed by atoms with Crippen molar-refractivity contribution in [3.05, 3.63) is 46.4 Å². The van der Waals surface area contributed by atoms with Gasteiger partial charge in [0.2, 0.25) is 0 Å². The predicted molar refractivity (Wildman–Crippen MR) is 66.5 cm³/mol. The number of fused-ring (bicyclic) bond motifs is 1. The van der Waals surface area contributed by atoms with Crippen molar-refractivity contribution in [2.24, 2.45) is 7.05 Å². The van der Waals surface area contributed by atoms with Crippen LogP contribution in [-0.4, -0.2) is 29.7 Å². The molecule has 0 aliphatic heterocycles. The third kappa shape index (κ3) is 2.03. The third-order valence-corrected chi connectivity index (χ3v) is 2.83. The Bertz CT molecular complexity index is 759. The molecule has 0 saturated heterocycles. The summed E-state index contributed by atoms with van der Waals surface area (Å²) in [5, 5.41) is 23.3. The molecule has 0 atom stereocenters. The Morgan fingerprint density at radius 3 is 2.89 bits per heavy atom. The second-order valence-electron chi connectivity index (χ2n) is 4.14. The maximum atomic E-state index is 10.7. The molecule has 0 aliphatic rings. The minimum Gasteiger partial charge on any atom is -0.340 e. The van der Waals surface area contributed by atoms with Gasteiger partial charge in [-0.2, -0.15) is 4.80 Å². The molecule has 1 aromatic carbocycles. The zero-order valence-electron chi connectivity index (χ0n) is 10.1. The van der Waals surface area contributed by atoms with E-state index in [9.17, 15) is 10.1 Å². The van der Waals surface area contributed by atoms with Crippen LogP contribution in [-0.2, 0) is 13.6 Å². The van der Waals surface area contributed by atoms with Crippen molar-refractivity contribution in [2.45, 2.75) is 6.54 Å². The molecule has 0 unspecified atom stereocenters. The van der Waals surface area contributed by atoms with E-state index in [0.717, 1.165) is 10.9 Å². The summed E-state index contributed by atoms with van der Waals surface area (Å²) in [7, 11) is 1.70. The van der Waals surface area contributed by atoms with Gasteiger partial charge in [-0.25, -0.2) is 0 Å². The first-order chi connectivity index (χ1) is 9.13. The fourth-order valence-electron chi connectivity index (χ4n) is 1.98. The third-order valence-electron chi connectivity index (χ3n) is 2.83. The number of benzene rings is 1. The Morgan fingerprint density at radius 1 is 1.37 bits per heavy atom. The molecule has 0 spiro atoms. The first-order valence-electron chi connectivity index (χ1n) is 5.59. The van der Waals surface area contributed by atoms with Crippen LogP contribution < -0.4 is 0 Å². The van der Waals surface area contributed by atoms with Gasteiger partial charge < -0.3 is 4.57 Å². The number of aromatic nitrogens is 5. The Hall–Kier alpha value is -2.77. The molecule has 0 radical (unpaired) electrons. The topological polar surface area (TPSA) is 91.7 Å². The predicted octanol–water partition coefficient (Wildman–Crippen LogP) is 1.12. The van der Waals surface area contributed by atoms with Crippen molar-refractivity contribution in [3.8, 4) is 0 Å². The second kappa shape index (κ2) is 4.16. The molecular weight excluding hydrogens is 248 g/mol. The minimum atomic E-state index is -0.402. The van der Waals surface area contributed by atoms with E-state index >= 15 is 0 Å². The van der Waals surface area contributed by atoms with Crippen molar-refractivity contribution in [3.63, 3.8) is 0 Å². The van der Waals surface area contributed by atoms with Crippen LogP contribution in [0.1, 0.15) is 5.82 Å². The molecule has 0 amide bonds. The standard InChI is InChI=1S/C11H10N6O2/c1-15-13-11(12-14-15)7-16-5-4-8-6-9(17(18)19)2-3-10(8)16/h2-6H,7H2,1H3. The van der Waals surface area contributed by atoms with Gasteiger partial charge in [-0.05, 0) is 17.3 Å². The Kier molecular flexibility index (Phi) is 2.48. The first kappa shape index (κ1) is 11.3. The van der Waals surface area contributed by atoms with Gasteiger partial charge in [-0.1, -0.05) is 0 Å². The summed E-state index contributed by atoms with van der Waals surface area (Å²) in [5.74, 6) is 0.596. The normalized spacial score (nSPS) is 11.0. The first-order valence-corrected chi connectivity index (χ1v) is 5.59. The number of non-ortho nitro benzene ring substituents is 1. The van der Waals surface area contributed by atoms with Crippen LogP contribution >= 0.6 is 0 Å². The average Bonchev–Trinajstić information content (AvgIpc) is 2.96. The number of hydrogen-bond acceptors (Lipinski definition) is 5. The molecule has 0 N–H and O–H groups in total. The highest BCUT2D eigenvalue weighted by Crippen LogP contribution is 2.22. The summed E-state index contributed by atoms with van der Waals surface area (Å²) in [4.78, 5) is 11.7. The number of nitro benzene ring substituents is 1. The second-order valence-corrected chi connectivity index (χ2v) is 4.14. The van der Waals surface area contributed by atoms with E-state index in [1.54, 1.807) is 19.2 Å². The summed E-state index contributed by atoms with van der Waals surface area (Å²) in [6, 6.07) is 6.60. The van der Waals surface area contributed by atoms with Crippen molar-refractivity contribution in [2.75, 3.05) is 0 Å². The lowest BCUT2D eigenvalue weighted by Crippen LogP contribution is -2.01. The van der Waals surface area contributed by atoms with E-state index in [-0.39, 0.29) is 5.69 Å². The van der Waals surface area contributed by atoms with E-state index in [1.807, 2.05) is 16.8 Å². The van der Waals surface area contributed by atoms with Crippen LogP contribution in [0.25, 0.3) is 10.9 Å². The van der Waals surface area contributed by atoms with Gasteiger partial charge in [0.25, 0.3) is 5.69 Å². The highest BCUT2D eigenvalue weighted by molar-refractivity contribution is 5.82. The zero-order valence-corrected chi connectivity index (χ0v) is 10.1. The van der Waals surface area contributed by atoms with Gasteiger partial charge in [0.15, 0.2) is 5.82 Å². The fraction of sp³-hybridized carbons (Fsp3) is 0.182.